The summed E-state index contributed by atoms with van der Waals surface area (Å²) in [5.41, 5.74) is 2.24. The molecule has 0 bridgehead atoms. The minimum absolute atomic E-state index is 0.408. The maximum atomic E-state index is 12.4. The SMILES string of the molecule is CS(=O)(=O)O.CS(=O)(=O)O.NN=Cc1ccc2cc(OC(=O)c3ccc(NC4=NCCN4)cc3)ccc2c1. The van der Waals surface area contributed by atoms with Crippen molar-refractivity contribution in [2.45, 2.75) is 0 Å². The molecule has 38 heavy (non-hydrogen) atoms. The highest BCUT2D eigenvalue weighted by Gasteiger charge is 2.10. The fraction of sp³-hybridized carbons (Fsp3) is 0.174. The van der Waals surface area contributed by atoms with Gasteiger partial charge in [0, 0.05) is 12.2 Å². The summed E-state index contributed by atoms with van der Waals surface area (Å²) in [4.78, 5) is 16.7. The Morgan fingerprint density at radius 2 is 1.58 bits per heavy atom. The van der Waals surface area contributed by atoms with Crippen LogP contribution in [0.2, 0.25) is 0 Å². The zero-order valence-electron chi connectivity index (χ0n) is 20.4. The van der Waals surface area contributed by atoms with Gasteiger partial charge in [0.25, 0.3) is 20.2 Å². The molecule has 0 unspecified atom stereocenters. The molecule has 6 N–H and O–H groups in total. The monoisotopic (exact) mass is 565 g/mol. The number of nitrogens with one attached hydrogen (secondary N) is 2. The van der Waals surface area contributed by atoms with Gasteiger partial charge in [0.05, 0.1) is 30.8 Å². The van der Waals surface area contributed by atoms with Crippen LogP contribution in [0.15, 0.2) is 70.8 Å². The number of nitrogens with zero attached hydrogens (tertiary/aromatic N) is 2. The number of carbonyl (C=O) groups excluding carboxylic acids is 1. The third kappa shape index (κ3) is 12.3. The summed E-state index contributed by atoms with van der Waals surface area (Å²) in [6.45, 7) is 1.60. The predicted octanol–water partition coefficient (Wildman–Crippen LogP) is 1.73. The molecule has 0 saturated carbocycles. The molecule has 0 aromatic heterocycles. The van der Waals surface area contributed by atoms with Crippen molar-refractivity contribution in [3.05, 3.63) is 71.8 Å². The Hall–Kier alpha value is -4.05. The number of hydrogen-bond donors (Lipinski definition) is 5. The number of esters is 1. The molecule has 13 nitrogen and oxygen atoms in total. The van der Waals surface area contributed by atoms with Crippen LogP contribution in [0, 0.1) is 0 Å². The molecule has 1 aliphatic heterocycles. The third-order valence-electron chi connectivity index (χ3n) is 4.33. The smallest absolute Gasteiger partial charge is 0.343 e. The molecule has 0 aliphatic carbocycles. The van der Waals surface area contributed by atoms with E-state index in [1.165, 1.54) is 0 Å². The number of hydrazone groups is 1. The van der Waals surface area contributed by atoms with Gasteiger partial charge >= 0.3 is 5.97 Å². The average molecular weight is 566 g/mol. The van der Waals surface area contributed by atoms with E-state index in [0.717, 1.165) is 41.1 Å². The van der Waals surface area contributed by atoms with Crippen molar-refractivity contribution >= 4 is 54.8 Å². The van der Waals surface area contributed by atoms with E-state index in [4.69, 9.17) is 19.7 Å². The number of anilines is 1. The van der Waals surface area contributed by atoms with Gasteiger partial charge in [-0.1, -0.05) is 18.2 Å². The van der Waals surface area contributed by atoms with Crippen molar-refractivity contribution in [3.63, 3.8) is 0 Å². The summed E-state index contributed by atoms with van der Waals surface area (Å²) >= 11 is 0. The second kappa shape index (κ2) is 13.5. The molecule has 0 saturated heterocycles. The maximum Gasteiger partial charge on any atom is 0.343 e. The first kappa shape index (κ1) is 30.2. The van der Waals surface area contributed by atoms with Crippen molar-refractivity contribution in [2.75, 3.05) is 30.9 Å². The van der Waals surface area contributed by atoms with Gasteiger partial charge in [-0.3, -0.25) is 14.1 Å². The first-order valence-corrected chi connectivity index (χ1v) is 14.4. The van der Waals surface area contributed by atoms with Crippen molar-refractivity contribution in [2.24, 2.45) is 15.9 Å². The van der Waals surface area contributed by atoms with Crippen LogP contribution < -0.4 is 21.2 Å². The van der Waals surface area contributed by atoms with E-state index in [0.29, 0.717) is 23.8 Å². The van der Waals surface area contributed by atoms with Crippen molar-refractivity contribution in [3.8, 4) is 5.75 Å². The Bertz CT molecular complexity index is 1490. The van der Waals surface area contributed by atoms with Crippen LogP contribution in [0.25, 0.3) is 10.8 Å². The largest absolute Gasteiger partial charge is 0.423 e. The normalized spacial score (nSPS) is 12.9. The number of carbonyl (C=O) groups is 1. The molecular formula is C23H27N5O8S2. The van der Waals surface area contributed by atoms with Crippen LogP contribution in [0.1, 0.15) is 15.9 Å². The highest BCUT2D eigenvalue weighted by molar-refractivity contribution is 7.85. The number of benzene rings is 3. The molecule has 204 valence electrons. The standard InChI is InChI=1S/C21H19N5O2.2CH4O3S/c22-25-13-14-1-2-17-12-19(8-5-16(17)11-14)28-20(27)15-3-6-18(7-4-15)26-21-23-9-10-24-21;2*1-5(2,3)4/h1-8,11-13H,9-10,22H2,(H2,23,24,26);2*1H3,(H,2,3,4). The fourth-order valence-electron chi connectivity index (χ4n) is 2.95. The lowest BCUT2D eigenvalue weighted by molar-refractivity contribution is 0.0735. The van der Waals surface area contributed by atoms with E-state index >= 15 is 0 Å². The molecule has 0 atom stereocenters. The summed E-state index contributed by atoms with van der Waals surface area (Å²) in [5, 5.41) is 11.8. The fourth-order valence-corrected chi connectivity index (χ4v) is 2.95. The Balaban J connectivity index is 0.000000435. The first-order valence-electron chi connectivity index (χ1n) is 10.7. The van der Waals surface area contributed by atoms with E-state index in [2.05, 4.69) is 20.7 Å². The molecule has 3 aromatic rings. The molecule has 0 spiro atoms. The van der Waals surface area contributed by atoms with E-state index < -0.39 is 26.2 Å². The van der Waals surface area contributed by atoms with E-state index in [1.54, 1.807) is 24.4 Å². The van der Waals surface area contributed by atoms with Gasteiger partial charge in [0.2, 0.25) is 0 Å². The molecule has 4 rings (SSSR count). The van der Waals surface area contributed by atoms with Crippen LogP contribution >= 0.6 is 0 Å². The van der Waals surface area contributed by atoms with Crippen LogP contribution in [0.4, 0.5) is 5.69 Å². The highest BCUT2D eigenvalue weighted by atomic mass is 32.2. The van der Waals surface area contributed by atoms with Crippen LogP contribution in [-0.2, 0) is 20.2 Å². The summed E-state index contributed by atoms with van der Waals surface area (Å²) in [6.07, 6.45) is 3.02. The second-order valence-electron chi connectivity index (χ2n) is 7.76. The molecule has 15 heteroatoms. The zero-order chi connectivity index (χ0) is 28.3. The lowest BCUT2D eigenvalue weighted by Gasteiger charge is -2.08. The van der Waals surface area contributed by atoms with Gasteiger partial charge in [-0.25, -0.2) is 4.79 Å². The Kier molecular flexibility index (Phi) is 10.7. The third-order valence-corrected chi connectivity index (χ3v) is 4.33. The van der Waals surface area contributed by atoms with Crippen LogP contribution in [0.3, 0.4) is 0 Å². The van der Waals surface area contributed by atoms with Gasteiger partial charge < -0.3 is 21.2 Å². The average Bonchev–Trinajstić information content (AvgIpc) is 3.31. The molecule has 0 radical (unpaired) electrons. The molecule has 1 aliphatic rings. The van der Waals surface area contributed by atoms with E-state index in [9.17, 15) is 21.6 Å². The number of nitrogens with two attached hydrogens (primary N) is 1. The summed E-state index contributed by atoms with van der Waals surface area (Å²) in [6, 6.07) is 18.4. The lowest BCUT2D eigenvalue weighted by atomic mass is 10.1. The number of rotatable bonds is 4. The lowest BCUT2D eigenvalue weighted by Crippen LogP contribution is -2.26. The van der Waals surface area contributed by atoms with Gasteiger partial charge in [0.1, 0.15) is 5.75 Å². The number of guanidine groups is 1. The highest BCUT2D eigenvalue weighted by Crippen LogP contribution is 2.23. The van der Waals surface area contributed by atoms with E-state index in [1.807, 2.05) is 42.5 Å². The quantitative estimate of drug-likeness (QED) is 0.0768. The minimum Gasteiger partial charge on any atom is -0.423 e. The van der Waals surface area contributed by atoms with Gasteiger partial charge in [0.15, 0.2) is 5.96 Å². The van der Waals surface area contributed by atoms with E-state index in [-0.39, 0.29) is 0 Å². The van der Waals surface area contributed by atoms with Gasteiger partial charge in [-0.15, -0.1) is 0 Å². The Labute approximate surface area is 219 Å². The van der Waals surface area contributed by atoms with Gasteiger partial charge in [-0.2, -0.15) is 21.9 Å². The summed E-state index contributed by atoms with van der Waals surface area (Å²) in [5.74, 6) is 6.01. The van der Waals surface area contributed by atoms with Crippen molar-refractivity contribution < 1.29 is 35.5 Å². The number of hydrogen-bond acceptors (Lipinski definition) is 11. The number of ether oxygens (including phenoxy) is 1. The Morgan fingerprint density at radius 3 is 2.13 bits per heavy atom. The molecule has 0 amide bonds. The predicted molar refractivity (Wildman–Crippen MR) is 146 cm³/mol. The Morgan fingerprint density at radius 1 is 1.00 bits per heavy atom. The molecular weight excluding hydrogens is 538 g/mol. The van der Waals surface area contributed by atoms with Crippen molar-refractivity contribution in [1.29, 1.82) is 0 Å². The van der Waals surface area contributed by atoms with Crippen molar-refractivity contribution in [1.82, 2.24) is 5.32 Å². The zero-order valence-corrected chi connectivity index (χ0v) is 22.0. The first-order chi connectivity index (χ1) is 17.7. The topological polar surface area (TPSA) is 210 Å². The molecule has 3 aromatic carbocycles. The summed E-state index contributed by atoms with van der Waals surface area (Å²) < 4.78 is 57.3. The molecule has 0 fully saturated rings. The van der Waals surface area contributed by atoms with Gasteiger partial charge in [-0.05, 0) is 58.8 Å². The number of aliphatic imine (C=N–C) groups is 1. The molecule has 1 heterocycles. The van der Waals surface area contributed by atoms with Crippen LogP contribution in [-0.4, -0.2) is 69.7 Å². The minimum atomic E-state index is -3.67. The maximum absolute atomic E-state index is 12.4. The number of fused-ring (bicyclic) bond motifs is 1. The summed E-state index contributed by atoms with van der Waals surface area (Å²) in [7, 11) is -7.33. The van der Waals surface area contributed by atoms with Crippen LogP contribution in [0.5, 0.6) is 5.75 Å². The second-order valence-corrected chi connectivity index (χ2v) is 10.7.